The molecule has 0 bridgehead atoms. The molecule has 0 atom stereocenters. The summed E-state index contributed by atoms with van der Waals surface area (Å²) in [6.45, 7) is 4.56. The third-order valence-electron chi connectivity index (χ3n) is 5.28. The lowest BCUT2D eigenvalue weighted by atomic mass is 9.80. The van der Waals surface area contributed by atoms with Crippen molar-refractivity contribution in [1.29, 1.82) is 0 Å². The summed E-state index contributed by atoms with van der Waals surface area (Å²) in [5.41, 5.74) is 2.57. The Morgan fingerprint density at radius 1 is 0.958 bits per heavy atom. The lowest BCUT2D eigenvalue weighted by molar-refractivity contribution is 0.294. The Kier molecular flexibility index (Phi) is 8.75. The standard InChI is InChI=1S/C24H34/c1-3-5-6-10-22-17-19-24(20-18-22)12-8-7-11-23-15-13-21(9-4-2)14-16-23/h7,11,17-21,23H,3-6,9-10,13-16H2,1-2H3/b11-7+. The van der Waals surface area contributed by atoms with Crippen LogP contribution in [0.15, 0.2) is 36.4 Å². The van der Waals surface area contributed by atoms with Gasteiger partial charge in [0.15, 0.2) is 0 Å². The van der Waals surface area contributed by atoms with Gasteiger partial charge in [0.1, 0.15) is 0 Å². The van der Waals surface area contributed by atoms with Gasteiger partial charge in [-0.3, -0.25) is 0 Å². The highest BCUT2D eigenvalue weighted by Gasteiger charge is 2.18. The monoisotopic (exact) mass is 322 g/mol. The van der Waals surface area contributed by atoms with Gasteiger partial charge in [-0.25, -0.2) is 0 Å². The van der Waals surface area contributed by atoms with Crippen molar-refractivity contribution in [3.63, 3.8) is 0 Å². The fourth-order valence-electron chi connectivity index (χ4n) is 3.72. The highest BCUT2D eigenvalue weighted by atomic mass is 14.2. The van der Waals surface area contributed by atoms with Crippen LogP contribution in [-0.2, 0) is 6.42 Å². The number of hydrogen-bond acceptors (Lipinski definition) is 0. The predicted molar refractivity (Wildman–Crippen MR) is 106 cm³/mol. The molecule has 0 aromatic heterocycles. The van der Waals surface area contributed by atoms with Gasteiger partial charge in [-0.15, -0.1) is 0 Å². The van der Waals surface area contributed by atoms with Crippen LogP contribution in [0.1, 0.15) is 82.8 Å². The van der Waals surface area contributed by atoms with E-state index in [1.807, 2.05) is 0 Å². The molecular weight excluding hydrogens is 288 g/mol. The van der Waals surface area contributed by atoms with E-state index in [9.17, 15) is 0 Å². The number of hydrogen-bond donors (Lipinski definition) is 0. The van der Waals surface area contributed by atoms with Crippen LogP contribution in [0.2, 0.25) is 0 Å². The maximum atomic E-state index is 3.27. The van der Waals surface area contributed by atoms with Crippen LogP contribution >= 0.6 is 0 Å². The largest absolute Gasteiger partial charge is 0.0730 e. The number of allylic oxidation sites excluding steroid dienone is 2. The highest BCUT2D eigenvalue weighted by molar-refractivity contribution is 5.38. The molecule has 0 aliphatic heterocycles. The van der Waals surface area contributed by atoms with E-state index in [2.05, 4.69) is 62.1 Å². The Labute approximate surface area is 149 Å². The van der Waals surface area contributed by atoms with Gasteiger partial charge in [0.25, 0.3) is 0 Å². The van der Waals surface area contributed by atoms with Gasteiger partial charge in [0, 0.05) is 5.56 Å². The first-order valence-corrected chi connectivity index (χ1v) is 10.1. The zero-order valence-electron chi connectivity index (χ0n) is 15.7. The average Bonchev–Trinajstić information content (AvgIpc) is 2.62. The van der Waals surface area contributed by atoms with Crippen molar-refractivity contribution in [2.24, 2.45) is 11.8 Å². The number of aryl methyl sites for hydroxylation is 1. The lowest BCUT2D eigenvalue weighted by Gasteiger charge is -2.26. The summed E-state index contributed by atoms with van der Waals surface area (Å²) in [6.07, 6.45) is 17.8. The third kappa shape index (κ3) is 6.96. The molecule has 0 nitrogen and oxygen atoms in total. The molecule has 1 aromatic rings. The molecule has 0 amide bonds. The molecule has 1 aliphatic rings. The summed E-state index contributed by atoms with van der Waals surface area (Å²) in [5, 5.41) is 0. The van der Waals surface area contributed by atoms with Crippen molar-refractivity contribution in [1.82, 2.24) is 0 Å². The minimum Gasteiger partial charge on any atom is -0.0730 e. The fraction of sp³-hybridized carbons (Fsp3) is 0.583. The molecule has 1 aliphatic carbocycles. The normalized spacial score (nSPS) is 20.8. The Bertz CT molecular complexity index is 530. The van der Waals surface area contributed by atoms with E-state index >= 15 is 0 Å². The first-order chi connectivity index (χ1) is 11.8. The topological polar surface area (TPSA) is 0 Å². The molecule has 0 unspecified atom stereocenters. The van der Waals surface area contributed by atoms with Crippen molar-refractivity contribution in [3.8, 4) is 11.8 Å². The molecule has 1 fully saturated rings. The van der Waals surface area contributed by atoms with Crippen molar-refractivity contribution in [3.05, 3.63) is 47.5 Å². The number of rotatable bonds is 7. The van der Waals surface area contributed by atoms with Gasteiger partial charge < -0.3 is 0 Å². The molecule has 24 heavy (non-hydrogen) atoms. The number of benzene rings is 1. The summed E-state index contributed by atoms with van der Waals surface area (Å²) in [4.78, 5) is 0. The van der Waals surface area contributed by atoms with Crippen LogP contribution in [0.25, 0.3) is 0 Å². The maximum absolute atomic E-state index is 3.27. The first kappa shape index (κ1) is 18.9. The highest BCUT2D eigenvalue weighted by Crippen LogP contribution is 2.31. The average molecular weight is 323 g/mol. The van der Waals surface area contributed by atoms with E-state index in [-0.39, 0.29) is 0 Å². The van der Waals surface area contributed by atoms with Gasteiger partial charge >= 0.3 is 0 Å². The second kappa shape index (κ2) is 11.1. The van der Waals surface area contributed by atoms with Crippen molar-refractivity contribution in [2.45, 2.75) is 78.1 Å². The first-order valence-electron chi connectivity index (χ1n) is 10.1. The molecule has 0 heterocycles. The molecule has 130 valence electrons. The maximum Gasteiger partial charge on any atom is 0.0249 e. The van der Waals surface area contributed by atoms with E-state index in [1.54, 1.807) is 0 Å². The Balaban J connectivity index is 1.74. The second-order valence-corrected chi connectivity index (χ2v) is 7.35. The summed E-state index contributed by atoms with van der Waals surface area (Å²) in [5.74, 6) is 8.24. The lowest BCUT2D eigenvalue weighted by Crippen LogP contribution is -2.12. The molecule has 0 heteroatoms. The van der Waals surface area contributed by atoms with Crippen LogP contribution in [-0.4, -0.2) is 0 Å². The van der Waals surface area contributed by atoms with Gasteiger partial charge in [-0.2, -0.15) is 0 Å². The Morgan fingerprint density at radius 2 is 1.71 bits per heavy atom. The molecule has 0 N–H and O–H groups in total. The van der Waals surface area contributed by atoms with Crippen LogP contribution < -0.4 is 0 Å². The fourth-order valence-corrected chi connectivity index (χ4v) is 3.72. The van der Waals surface area contributed by atoms with E-state index in [1.165, 1.54) is 69.8 Å². The van der Waals surface area contributed by atoms with Crippen molar-refractivity contribution < 1.29 is 0 Å². The van der Waals surface area contributed by atoms with Crippen LogP contribution in [0.3, 0.4) is 0 Å². The summed E-state index contributed by atoms with van der Waals surface area (Å²) >= 11 is 0. The van der Waals surface area contributed by atoms with E-state index in [0.717, 1.165) is 17.4 Å². The smallest absolute Gasteiger partial charge is 0.0249 e. The quantitative estimate of drug-likeness (QED) is 0.377. The predicted octanol–water partition coefficient (Wildman–Crippen LogP) is 6.93. The van der Waals surface area contributed by atoms with Crippen LogP contribution in [0.5, 0.6) is 0 Å². The van der Waals surface area contributed by atoms with Gasteiger partial charge in [0.2, 0.25) is 0 Å². The van der Waals surface area contributed by atoms with Crippen molar-refractivity contribution >= 4 is 0 Å². The van der Waals surface area contributed by atoms with Gasteiger partial charge in [-0.05, 0) is 74.1 Å². The Hall–Kier alpha value is -1.48. The van der Waals surface area contributed by atoms with Crippen LogP contribution in [0.4, 0.5) is 0 Å². The molecule has 2 rings (SSSR count). The minimum absolute atomic E-state index is 0.758. The van der Waals surface area contributed by atoms with Gasteiger partial charge in [0.05, 0.1) is 0 Å². The van der Waals surface area contributed by atoms with E-state index in [4.69, 9.17) is 0 Å². The minimum atomic E-state index is 0.758. The molecule has 0 radical (unpaired) electrons. The molecule has 0 saturated heterocycles. The Morgan fingerprint density at radius 3 is 2.38 bits per heavy atom. The molecule has 0 spiro atoms. The second-order valence-electron chi connectivity index (χ2n) is 7.35. The van der Waals surface area contributed by atoms with Crippen LogP contribution in [0, 0.1) is 23.7 Å². The van der Waals surface area contributed by atoms with Gasteiger partial charge in [-0.1, -0.05) is 69.6 Å². The summed E-state index contributed by atoms with van der Waals surface area (Å²) < 4.78 is 0. The zero-order chi connectivity index (χ0) is 17.0. The number of unbranched alkanes of at least 4 members (excludes halogenated alkanes) is 2. The molecule has 1 saturated carbocycles. The summed E-state index contributed by atoms with van der Waals surface area (Å²) in [6, 6.07) is 8.80. The SMILES string of the molecule is CCCCCc1ccc(C#C/C=C/C2CCC(CCC)CC2)cc1. The molecule has 1 aromatic carbocycles. The third-order valence-corrected chi connectivity index (χ3v) is 5.28. The molecular formula is C24H34. The van der Waals surface area contributed by atoms with E-state index < -0.39 is 0 Å². The zero-order valence-corrected chi connectivity index (χ0v) is 15.7. The summed E-state index contributed by atoms with van der Waals surface area (Å²) in [7, 11) is 0. The van der Waals surface area contributed by atoms with Crippen molar-refractivity contribution in [2.75, 3.05) is 0 Å². The van der Waals surface area contributed by atoms with E-state index in [0.29, 0.717) is 0 Å².